The van der Waals surface area contributed by atoms with Crippen molar-refractivity contribution in [1.29, 1.82) is 0 Å². The standard InChI is InChI=1S/C24H26BrN3OS/c1-16-9-8-12-21(13-16)28-17(2)22(23(25)18(28)3)14-26-27-24(29)19(4)30-15-20-10-6-5-7-11-20/h5-14,19H,15H2,1-4H3,(H,27,29)/b26-14-/t19-/m1/s1. The quantitative estimate of drug-likeness (QED) is 0.334. The van der Waals surface area contributed by atoms with Crippen molar-refractivity contribution in [2.75, 3.05) is 0 Å². The van der Waals surface area contributed by atoms with E-state index in [1.165, 1.54) is 11.1 Å². The Hall–Kier alpha value is -2.31. The van der Waals surface area contributed by atoms with Crippen LogP contribution in [0.2, 0.25) is 0 Å². The number of hydrogen-bond acceptors (Lipinski definition) is 3. The number of nitrogens with one attached hydrogen (secondary N) is 1. The molecule has 0 aliphatic carbocycles. The van der Waals surface area contributed by atoms with Gasteiger partial charge in [-0.1, -0.05) is 42.5 Å². The predicted molar refractivity (Wildman–Crippen MR) is 131 cm³/mol. The van der Waals surface area contributed by atoms with Gasteiger partial charge in [-0.15, -0.1) is 11.8 Å². The van der Waals surface area contributed by atoms with Crippen LogP contribution in [0.3, 0.4) is 0 Å². The van der Waals surface area contributed by atoms with Crippen LogP contribution >= 0.6 is 27.7 Å². The summed E-state index contributed by atoms with van der Waals surface area (Å²) in [6, 6.07) is 18.5. The highest BCUT2D eigenvalue weighted by molar-refractivity contribution is 9.10. The Labute approximate surface area is 190 Å². The largest absolute Gasteiger partial charge is 0.317 e. The number of aryl methyl sites for hydroxylation is 1. The van der Waals surface area contributed by atoms with E-state index in [9.17, 15) is 4.79 Å². The lowest BCUT2D eigenvalue weighted by atomic mass is 10.2. The molecule has 0 radical (unpaired) electrons. The Morgan fingerprint density at radius 3 is 2.57 bits per heavy atom. The van der Waals surface area contributed by atoms with Crippen molar-refractivity contribution in [3.63, 3.8) is 0 Å². The molecule has 1 aromatic heterocycles. The number of hydrogen-bond donors (Lipinski definition) is 1. The summed E-state index contributed by atoms with van der Waals surface area (Å²) in [7, 11) is 0. The average Bonchev–Trinajstić information content (AvgIpc) is 2.95. The number of thioether (sulfide) groups is 1. The molecule has 30 heavy (non-hydrogen) atoms. The van der Waals surface area contributed by atoms with Crippen molar-refractivity contribution in [2.45, 2.75) is 38.7 Å². The third-order valence-corrected chi connectivity index (χ3v) is 7.17. The van der Waals surface area contributed by atoms with Gasteiger partial charge in [-0.2, -0.15) is 5.10 Å². The molecule has 0 saturated carbocycles. The summed E-state index contributed by atoms with van der Waals surface area (Å²) in [6.45, 7) is 8.11. The molecule has 3 rings (SSSR count). The van der Waals surface area contributed by atoms with E-state index in [0.717, 1.165) is 32.9 Å². The van der Waals surface area contributed by atoms with Gasteiger partial charge in [0.05, 0.1) is 11.5 Å². The van der Waals surface area contributed by atoms with Crippen molar-refractivity contribution in [3.8, 4) is 5.69 Å². The van der Waals surface area contributed by atoms with Crippen LogP contribution in [0.5, 0.6) is 0 Å². The fourth-order valence-corrected chi connectivity index (χ4v) is 4.66. The lowest BCUT2D eigenvalue weighted by Gasteiger charge is -2.10. The van der Waals surface area contributed by atoms with Gasteiger partial charge in [0.1, 0.15) is 0 Å². The van der Waals surface area contributed by atoms with Gasteiger partial charge >= 0.3 is 0 Å². The van der Waals surface area contributed by atoms with Crippen LogP contribution in [0, 0.1) is 20.8 Å². The normalized spacial score (nSPS) is 12.3. The summed E-state index contributed by atoms with van der Waals surface area (Å²) in [4.78, 5) is 12.4. The Morgan fingerprint density at radius 2 is 1.87 bits per heavy atom. The smallest absolute Gasteiger partial charge is 0.252 e. The van der Waals surface area contributed by atoms with E-state index in [4.69, 9.17) is 0 Å². The fraction of sp³-hybridized carbons (Fsp3) is 0.250. The van der Waals surface area contributed by atoms with Gasteiger partial charge in [0.2, 0.25) is 0 Å². The number of carbonyl (C=O) groups is 1. The molecule has 0 aliphatic rings. The summed E-state index contributed by atoms with van der Waals surface area (Å²) >= 11 is 5.28. The number of amides is 1. The summed E-state index contributed by atoms with van der Waals surface area (Å²) in [5.41, 5.74) is 9.32. The molecule has 1 amide bonds. The molecule has 1 N–H and O–H groups in total. The molecule has 0 unspecified atom stereocenters. The second-order valence-corrected chi connectivity index (χ2v) is 9.37. The number of benzene rings is 2. The van der Waals surface area contributed by atoms with Crippen LogP contribution in [0.1, 0.15) is 35.0 Å². The van der Waals surface area contributed by atoms with Gasteiger partial charge in [-0.05, 0) is 66.9 Å². The third-order valence-electron chi connectivity index (χ3n) is 4.96. The average molecular weight is 484 g/mol. The summed E-state index contributed by atoms with van der Waals surface area (Å²) in [6.07, 6.45) is 1.71. The molecule has 2 aromatic carbocycles. The molecule has 6 heteroatoms. The van der Waals surface area contributed by atoms with Crippen molar-refractivity contribution >= 4 is 39.8 Å². The lowest BCUT2D eigenvalue weighted by Crippen LogP contribution is -2.27. The van der Waals surface area contributed by atoms with E-state index in [2.05, 4.69) is 88.2 Å². The SMILES string of the molecule is Cc1cccc(-n2c(C)c(Br)c(/C=N\NC(=O)[C@@H](C)SCc3ccccc3)c2C)c1. The zero-order valence-corrected chi connectivity index (χ0v) is 20.0. The Kier molecular flexibility index (Phi) is 7.56. The first-order valence-electron chi connectivity index (χ1n) is 9.81. The summed E-state index contributed by atoms with van der Waals surface area (Å²) < 4.78 is 3.17. The number of halogens is 1. The second kappa shape index (κ2) is 10.1. The number of carbonyl (C=O) groups excluding carboxylic acids is 1. The van der Waals surface area contributed by atoms with E-state index in [-0.39, 0.29) is 11.2 Å². The van der Waals surface area contributed by atoms with Crippen LogP contribution in [-0.2, 0) is 10.5 Å². The number of aromatic nitrogens is 1. The molecule has 0 fully saturated rings. The third kappa shape index (κ3) is 5.24. The minimum Gasteiger partial charge on any atom is -0.317 e. The van der Waals surface area contributed by atoms with Gasteiger partial charge in [-0.25, -0.2) is 5.43 Å². The van der Waals surface area contributed by atoms with Crippen LogP contribution in [0.15, 0.2) is 64.2 Å². The number of hydrazone groups is 1. The van der Waals surface area contributed by atoms with Crippen LogP contribution in [-0.4, -0.2) is 21.9 Å². The van der Waals surface area contributed by atoms with Gasteiger partial charge < -0.3 is 4.57 Å². The zero-order chi connectivity index (χ0) is 21.7. The molecule has 156 valence electrons. The Bertz CT molecular complexity index is 1060. The van der Waals surface area contributed by atoms with Gasteiger partial charge in [0.25, 0.3) is 5.91 Å². The molecule has 1 heterocycles. The molecular weight excluding hydrogens is 458 g/mol. The van der Waals surface area contributed by atoms with E-state index in [1.54, 1.807) is 18.0 Å². The Balaban J connectivity index is 1.67. The molecule has 1 atom stereocenters. The maximum absolute atomic E-state index is 12.4. The maximum Gasteiger partial charge on any atom is 0.252 e. The van der Waals surface area contributed by atoms with Gasteiger partial charge in [-0.3, -0.25) is 4.79 Å². The van der Waals surface area contributed by atoms with Crippen LogP contribution in [0.4, 0.5) is 0 Å². The maximum atomic E-state index is 12.4. The first-order valence-corrected chi connectivity index (χ1v) is 11.7. The Morgan fingerprint density at radius 1 is 1.13 bits per heavy atom. The first kappa shape index (κ1) is 22.4. The lowest BCUT2D eigenvalue weighted by molar-refractivity contribution is -0.120. The van der Waals surface area contributed by atoms with Crippen molar-refractivity contribution < 1.29 is 4.79 Å². The molecule has 0 aliphatic heterocycles. The monoisotopic (exact) mass is 483 g/mol. The number of rotatable bonds is 7. The van der Waals surface area contributed by atoms with Crippen molar-refractivity contribution in [1.82, 2.24) is 9.99 Å². The van der Waals surface area contributed by atoms with Crippen molar-refractivity contribution in [3.05, 3.63) is 87.1 Å². The van der Waals surface area contributed by atoms with E-state index >= 15 is 0 Å². The second-order valence-electron chi connectivity index (χ2n) is 7.25. The number of nitrogens with zero attached hydrogens (tertiary/aromatic N) is 2. The molecule has 0 bridgehead atoms. The van der Waals surface area contributed by atoms with E-state index in [1.807, 2.05) is 25.1 Å². The topological polar surface area (TPSA) is 46.4 Å². The van der Waals surface area contributed by atoms with Gasteiger partial charge in [0, 0.05) is 32.9 Å². The highest BCUT2D eigenvalue weighted by Gasteiger charge is 2.16. The minimum absolute atomic E-state index is 0.101. The zero-order valence-electron chi connectivity index (χ0n) is 17.6. The summed E-state index contributed by atoms with van der Waals surface area (Å²) in [5.74, 6) is 0.693. The van der Waals surface area contributed by atoms with Crippen LogP contribution in [0.25, 0.3) is 5.69 Å². The van der Waals surface area contributed by atoms with Crippen LogP contribution < -0.4 is 5.43 Å². The molecule has 3 aromatic rings. The predicted octanol–water partition coefficient (Wildman–Crippen LogP) is 5.94. The summed E-state index contributed by atoms with van der Waals surface area (Å²) in [5, 5.41) is 4.03. The van der Waals surface area contributed by atoms with Crippen molar-refractivity contribution in [2.24, 2.45) is 5.10 Å². The minimum atomic E-state index is -0.189. The highest BCUT2D eigenvalue weighted by atomic mass is 79.9. The molecule has 0 saturated heterocycles. The molecule has 4 nitrogen and oxygen atoms in total. The highest BCUT2D eigenvalue weighted by Crippen LogP contribution is 2.29. The molecular formula is C24H26BrN3OS. The first-order chi connectivity index (χ1) is 14.4. The van der Waals surface area contributed by atoms with Gasteiger partial charge in [0.15, 0.2) is 0 Å². The molecule has 0 spiro atoms. The fourth-order valence-electron chi connectivity index (χ4n) is 3.25. The van der Waals surface area contributed by atoms with E-state index in [0.29, 0.717) is 0 Å². The van der Waals surface area contributed by atoms with E-state index < -0.39 is 0 Å².